The largest absolute Gasteiger partial charge is 0.285 e. The molecule has 1 nitrogen and oxygen atoms in total. The third kappa shape index (κ3) is 3.15. The van der Waals surface area contributed by atoms with Crippen molar-refractivity contribution in [3.63, 3.8) is 0 Å². The second kappa shape index (κ2) is 5.16. The van der Waals surface area contributed by atoms with Gasteiger partial charge in [-0.1, -0.05) is 30.3 Å². The van der Waals surface area contributed by atoms with Gasteiger partial charge in [0, 0.05) is 6.04 Å². The van der Waals surface area contributed by atoms with Crippen molar-refractivity contribution in [2.45, 2.75) is 32.2 Å². The summed E-state index contributed by atoms with van der Waals surface area (Å²) in [7, 11) is 0. The van der Waals surface area contributed by atoms with Crippen molar-refractivity contribution in [3.05, 3.63) is 35.9 Å². The Morgan fingerprint density at radius 1 is 1.14 bits per heavy atom. The van der Waals surface area contributed by atoms with Crippen molar-refractivity contribution in [3.8, 4) is 0 Å². The molecule has 0 aromatic heterocycles. The van der Waals surface area contributed by atoms with Gasteiger partial charge in [0.2, 0.25) is 0 Å². The number of halogens is 1. The highest BCUT2D eigenvalue weighted by Gasteiger charge is 2.09. The summed E-state index contributed by atoms with van der Waals surface area (Å²) in [6.45, 7) is 6.07. The Bertz CT molecular complexity index is 301. The second-order valence-corrected chi connectivity index (χ2v) is 4.24. The Morgan fingerprint density at radius 3 is 2.14 bits per heavy atom. The molecule has 1 rings (SSSR count). The zero-order valence-electron chi connectivity index (χ0n) is 8.87. The average Bonchev–Trinajstić information content (AvgIpc) is 2.15. The van der Waals surface area contributed by atoms with E-state index >= 15 is 0 Å². The Kier molecular flexibility index (Phi) is 4.15. The fraction of sp³-hybridized carbons (Fsp3) is 0.417. The highest BCUT2D eigenvalue weighted by atomic mass is 35.5. The van der Waals surface area contributed by atoms with Crippen molar-refractivity contribution in [2.75, 3.05) is 0 Å². The van der Waals surface area contributed by atoms with Gasteiger partial charge < -0.3 is 0 Å². The summed E-state index contributed by atoms with van der Waals surface area (Å²) >= 11 is 6.09. The fourth-order valence-electron chi connectivity index (χ4n) is 1.29. The normalized spacial score (nSPS) is 14.5. The molecule has 0 N–H and O–H groups in total. The molecule has 0 amide bonds. The first-order valence-electron chi connectivity index (χ1n) is 4.88. The highest BCUT2D eigenvalue weighted by Crippen LogP contribution is 2.10. The van der Waals surface area contributed by atoms with E-state index in [9.17, 15) is 0 Å². The lowest BCUT2D eigenvalue weighted by atomic mass is 10.1. The Hall–Kier alpha value is -0.820. The molecule has 1 aromatic rings. The summed E-state index contributed by atoms with van der Waals surface area (Å²) in [5.41, 5.74) is 2.09. The van der Waals surface area contributed by atoms with Crippen LogP contribution in [-0.4, -0.2) is 17.1 Å². The lowest BCUT2D eigenvalue weighted by Gasteiger charge is -2.10. The molecule has 14 heavy (non-hydrogen) atoms. The number of nitrogens with zero attached hydrogens (tertiary/aromatic N) is 1. The molecule has 1 atom stereocenters. The molecule has 76 valence electrons. The van der Waals surface area contributed by atoms with Gasteiger partial charge in [-0.2, -0.15) is 0 Å². The minimum absolute atomic E-state index is 0.0419. The van der Waals surface area contributed by atoms with Gasteiger partial charge in [-0.05, 0) is 26.3 Å². The molecule has 0 spiro atoms. The summed E-state index contributed by atoms with van der Waals surface area (Å²) in [5, 5.41) is -0.0419. The molecule has 2 heteroatoms. The quantitative estimate of drug-likeness (QED) is 0.534. The summed E-state index contributed by atoms with van der Waals surface area (Å²) in [6, 6.07) is 10.4. The van der Waals surface area contributed by atoms with E-state index in [0.29, 0.717) is 0 Å². The van der Waals surface area contributed by atoms with Crippen molar-refractivity contribution in [2.24, 2.45) is 4.99 Å². The first-order valence-corrected chi connectivity index (χ1v) is 5.32. The minimum atomic E-state index is -0.0419. The van der Waals surface area contributed by atoms with Crippen molar-refractivity contribution < 1.29 is 0 Å². The molecule has 0 radical (unpaired) electrons. The number of hydrogen-bond donors (Lipinski definition) is 0. The number of benzene rings is 1. The maximum Gasteiger partial charge on any atom is 0.0731 e. The zero-order valence-corrected chi connectivity index (χ0v) is 9.62. The van der Waals surface area contributed by atoms with E-state index in [4.69, 9.17) is 11.6 Å². The fourth-order valence-corrected chi connectivity index (χ4v) is 1.48. The molecule has 0 bridgehead atoms. The van der Waals surface area contributed by atoms with Crippen LogP contribution in [0.5, 0.6) is 0 Å². The van der Waals surface area contributed by atoms with Crippen LogP contribution in [0.3, 0.4) is 0 Å². The van der Waals surface area contributed by atoms with E-state index in [-0.39, 0.29) is 11.4 Å². The number of alkyl halides is 1. The number of rotatable bonds is 3. The van der Waals surface area contributed by atoms with Crippen LogP contribution in [0.25, 0.3) is 0 Å². The lowest BCUT2D eigenvalue weighted by Crippen LogP contribution is -2.14. The van der Waals surface area contributed by atoms with Crippen LogP contribution in [0.2, 0.25) is 0 Å². The third-order valence-corrected chi connectivity index (χ3v) is 2.05. The van der Waals surface area contributed by atoms with Crippen LogP contribution in [0.15, 0.2) is 35.3 Å². The number of hydrogen-bond acceptors (Lipinski definition) is 1. The number of aliphatic imine (C=N–C) groups is 1. The van der Waals surface area contributed by atoms with Gasteiger partial charge in [-0.25, -0.2) is 0 Å². The topological polar surface area (TPSA) is 12.4 Å². The predicted octanol–water partition coefficient (Wildman–Crippen LogP) is 3.51. The molecular weight excluding hydrogens is 194 g/mol. The van der Waals surface area contributed by atoms with Crippen LogP contribution in [-0.2, 0) is 0 Å². The van der Waals surface area contributed by atoms with Gasteiger partial charge in [-0.3, -0.25) is 4.99 Å². The first-order chi connectivity index (χ1) is 6.61. The van der Waals surface area contributed by atoms with E-state index < -0.39 is 0 Å². The van der Waals surface area contributed by atoms with Crippen molar-refractivity contribution >= 4 is 17.3 Å². The second-order valence-electron chi connectivity index (χ2n) is 3.59. The predicted molar refractivity (Wildman–Crippen MR) is 63.4 cm³/mol. The molecule has 0 heterocycles. The van der Waals surface area contributed by atoms with Gasteiger partial charge in [-0.15, -0.1) is 11.6 Å². The maximum absolute atomic E-state index is 6.09. The Labute approximate surface area is 90.8 Å². The summed E-state index contributed by atoms with van der Waals surface area (Å²) in [4.78, 5) is 4.53. The molecule has 0 saturated heterocycles. The lowest BCUT2D eigenvalue weighted by molar-refractivity contribution is 0.831. The standard InChI is InChI=1S/C12H16ClN/c1-9(2)14-12(10(3)13)11-7-5-4-6-8-11/h4-10H,1-3H3. The Balaban J connectivity index is 3.01. The Morgan fingerprint density at radius 2 is 1.71 bits per heavy atom. The monoisotopic (exact) mass is 209 g/mol. The highest BCUT2D eigenvalue weighted by molar-refractivity contribution is 6.34. The van der Waals surface area contributed by atoms with Gasteiger partial charge in [0.05, 0.1) is 11.1 Å². The van der Waals surface area contributed by atoms with Crippen molar-refractivity contribution in [1.29, 1.82) is 0 Å². The first kappa shape index (κ1) is 11.3. The smallest absolute Gasteiger partial charge is 0.0731 e. The third-order valence-electron chi connectivity index (χ3n) is 1.84. The average molecular weight is 210 g/mol. The van der Waals surface area contributed by atoms with Crippen LogP contribution >= 0.6 is 11.6 Å². The van der Waals surface area contributed by atoms with Crippen LogP contribution in [0.4, 0.5) is 0 Å². The molecule has 0 aliphatic heterocycles. The molecule has 0 fully saturated rings. The zero-order chi connectivity index (χ0) is 10.6. The van der Waals surface area contributed by atoms with Gasteiger partial charge in [0.25, 0.3) is 0 Å². The molecule has 0 aliphatic carbocycles. The van der Waals surface area contributed by atoms with Gasteiger partial charge >= 0.3 is 0 Å². The van der Waals surface area contributed by atoms with Gasteiger partial charge in [0.15, 0.2) is 0 Å². The summed E-state index contributed by atoms with van der Waals surface area (Å²) < 4.78 is 0. The molecular formula is C12H16ClN. The van der Waals surface area contributed by atoms with Crippen LogP contribution in [0.1, 0.15) is 26.3 Å². The minimum Gasteiger partial charge on any atom is -0.285 e. The van der Waals surface area contributed by atoms with E-state index in [1.165, 1.54) is 0 Å². The van der Waals surface area contributed by atoms with Gasteiger partial charge in [0.1, 0.15) is 0 Å². The van der Waals surface area contributed by atoms with E-state index in [2.05, 4.69) is 18.8 Å². The molecule has 1 aromatic carbocycles. The van der Waals surface area contributed by atoms with E-state index in [1.54, 1.807) is 0 Å². The summed E-state index contributed by atoms with van der Waals surface area (Å²) in [6.07, 6.45) is 0. The molecule has 1 unspecified atom stereocenters. The molecule has 0 saturated carbocycles. The van der Waals surface area contributed by atoms with Crippen LogP contribution in [0, 0.1) is 0 Å². The van der Waals surface area contributed by atoms with E-state index in [0.717, 1.165) is 11.3 Å². The maximum atomic E-state index is 6.09. The molecule has 0 aliphatic rings. The van der Waals surface area contributed by atoms with E-state index in [1.807, 2.05) is 37.3 Å². The summed E-state index contributed by atoms with van der Waals surface area (Å²) in [5.74, 6) is 0. The SMILES string of the molecule is CC(C)N=C(c1ccccc1)C(C)Cl. The van der Waals surface area contributed by atoms with Crippen LogP contribution < -0.4 is 0 Å². The van der Waals surface area contributed by atoms with Crippen molar-refractivity contribution in [1.82, 2.24) is 0 Å².